The summed E-state index contributed by atoms with van der Waals surface area (Å²) in [6.45, 7) is 8.08. The highest BCUT2D eigenvalue weighted by atomic mass is 16.5. The molecule has 1 aromatic carbocycles. The average Bonchev–Trinajstić information content (AvgIpc) is 2.39. The number of aliphatic hydroxyl groups is 1. The van der Waals surface area contributed by atoms with E-state index in [1.54, 1.807) is 0 Å². The highest BCUT2D eigenvalue weighted by Gasteiger charge is 2.18. The maximum absolute atomic E-state index is 9.17. The van der Waals surface area contributed by atoms with Gasteiger partial charge in [-0.25, -0.2) is 0 Å². The molecule has 1 atom stereocenters. The highest BCUT2D eigenvalue weighted by Crippen LogP contribution is 2.23. The fourth-order valence-corrected chi connectivity index (χ4v) is 2.33. The van der Waals surface area contributed by atoms with Gasteiger partial charge in [0.1, 0.15) is 0 Å². The third-order valence-electron chi connectivity index (χ3n) is 3.61. The molecule has 0 bridgehead atoms. The van der Waals surface area contributed by atoms with Crippen LogP contribution < -0.4 is 0 Å². The zero-order chi connectivity index (χ0) is 12.3. The Kier molecular flexibility index (Phi) is 4.15. The Labute approximate surface area is 103 Å². The highest BCUT2D eigenvalue weighted by molar-refractivity contribution is 5.32. The third kappa shape index (κ3) is 2.86. The fraction of sp³-hybridized carbons (Fsp3) is 0.571. The summed E-state index contributed by atoms with van der Waals surface area (Å²) in [6, 6.07) is 6.76. The SMILES string of the molecule is Cc1cc([C@H](C)N2CCOCC2)ccc1CO. The lowest BCUT2D eigenvalue weighted by molar-refractivity contribution is 0.0198. The second-order valence-electron chi connectivity index (χ2n) is 4.67. The molecule has 1 saturated heterocycles. The number of hydrogen-bond donors (Lipinski definition) is 1. The Hall–Kier alpha value is -0.900. The van der Waals surface area contributed by atoms with Crippen molar-refractivity contribution in [2.45, 2.75) is 26.5 Å². The van der Waals surface area contributed by atoms with Crippen LogP contribution >= 0.6 is 0 Å². The van der Waals surface area contributed by atoms with Crippen molar-refractivity contribution < 1.29 is 9.84 Å². The van der Waals surface area contributed by atoms with E-state index < -0.39 is 0 Å². The normalized spacial score (nSPS) is 19.2. The van der Waals surface area contributed by atoms with Crippen LogP contribution in [0.25, 0.3) is 0 Å². The molecule has 0 saturated carbocycles. The molecule has 0 amide bonds. The van der Waals surface area contributed by atoms with E-state index in [1.165, 1.54) is 11.1 Å². The zero-order valence-corrected chi connectivity index (χ0v) is 10.6. The smallest absolute Gasteiger partial charge is 0.0684 e. The summed E-state index contributed by atoms with van der Waals surface area (Å²) in [5, 5.41) is 9.17. The van der Waals surface area contributed by atoms with Gasteiger partial charge in [0.05, 0.1) is 19.8 Å². The molecule has 0 aliphatic carbocycles. The van der Waals surface area contributed by atoms with E-state index in [4.69, 9.17) is 9.84 Å². The molecule has 1 aliphatic rings. The van der Waals surface area contributed by atoms with Gasteiger partial charge in [0.15, 0.2) is 0 Å². The number of morpholine rings is 1. The van der Waals surface area contributed by atoms with E-state index in [9.17, 15) is 0 Å². The van der Waals surface area contributed by atoms with E-state index in [2.05, 4.69) is 30.9 Å². The van der Waals surface area contributed by atoms with Crippen LogP contribution in [-0.4, -0.2) is 36.3 Å². The Bertz CT molecular complexity index is 372. The third-order valence-corrected chi connectivity index (χ3v) is 3.61. The van der Waals surface area contributed by atoms with Gasteiger partial charge >= 0.3 is 0 Å². The Morgan fingerprint density at radius 1 is 1.35 bits per heavy atom. The van der Waals surface area contributed by atoms with Gasteiger partial charge in [-0.2, -0.15) is 0 Å². The first kappa shape index (κ1) is 12.6. The Balaban J connectivity index is 2.12. The van der Waals surface area contributed by atoms with Crippen molar-refractivity contribution in [2.24, 2.45) is 0 Å². The number of ether oxygens (including phenoxy) is 1. The maximum Gasteiger partial charge on any atom is 0.0684 e. The molecule has 0 unspecified atom stereocenters. The van der Waals surface area contributed by atoms with Crippen molar-refractivity contribution in [3.05, 3.63) is 34.9 Å². The van der Waals surface area contributed by atoms with Crippen molar-refractivity contribution in [3.63, 3.8) is 0 Å². The van der Waals surface area contributed by atoms with Crippen molar-refractivity contribution in [2.75, 3.05) is 26.3 Å². The van der Waals surface area contributed by atoms with Gasteiger partial charge < -0.3 is 9.84 Å². The standard InChI is InChI=1S/C14H21NO2/c1-11-9-13(3-4-14(11)10-16)12(2)15-5-7-17-8-6-15/h3-4,9,12,16H,5-8,10H2,1-2H3/t12-/m0/s1. The molecule has 1 heterocycles. The summed E-state index contributed by atoms with van der Waals surface area (Å²) in [5.41, 5.74) is 3.51. The van der Waals surface area contributed by atoms with Gasteiger partial charge in [-0.05, 0) is 30.5 Å². The number of aryl methyl sites for hydroxylation is 1. The predicted octanol–water partition coefficient (Wildman–Crippen LogP) is 1.88. The molecule has 0 radical (unpaired) electrons. The van der Waals surface area contributed by atoms with Gasteiger partial charge in [0.25, 0.3) is 0 Å². The number of benzene rings is 1. The summed E-state index contributed by atoms with van der Waals surface area (Å²) in [4.78, 5) is 2.44. The van der Waals surface area contributed by atoms with E-state index in [1.807, 2.05) is 6.07 Å². The molecule has 1 N–H and O–H groups in total. The largest absolute Gasteiger partial charge is 0.392 e. The quantitative estimate of drug-likeness (QED) is 0.868. The van der Waals surface area contributed by atoms with Gasteiger partial charge in [-0.1, -0.05) is 18.2 Å². The number of aliphatic hydroxyl groups excluding tert-OH is 1. The van der Waals surface area contributed by atoms with Crippen LogP contribution in [-0.2, 0) is 11.3 Å². The van der Waals surface area contributed by atoms with Gasteiger partial charge in [-0.3, -0.25) is 4.90 Å². The molecule has 17 heavy (non-hydrogen) atoms. The molecule has 1 fully saturated rings. The number of rotatable bonds is 3. The minimum atomic E-state index is 0.123. The monoisotopic (exact) mass is 235 g/mol. The predicted molar refractivity (Wildman–Crippen MR) is 67.9 cm³/mol. The van der Waals surface area contributed by atoms with Gasteiger partial charge in [-0.15, -0.1) is 0 Å². The minimum Gasteiger partial charge on any atom is -0.392 e. The second-order valence-corrected chi connectivity index (χ2v) is 4.67. The lowest BCUT2D eigenvalue weighted by Gasteiger charge is -2.32. The van der Waals surface area contributed by atoms with E-state index in [0.717, 1.165) is 31.9 Å². The molecule has 3 nitrogen and oxygen atoms in total. The van der Waals surface area contributed by atoms with Crippen LogP contribution in [0.15, 0.2) is 18.2 Å². The summed E-state index contributed by atoms with van der Waals surface area (Å²) in [6.07, 6.45) is 0. The van der Waals surface area contributed by atoms with Crippen LogP contribution in [0.1, 0.15) is 29.7 Å². The Morgan fingerprint density at radius 3 is 2.65 bits per heavy atom. The molecule has 0 aromatic heterocycles. The average molecular weight is 235 g/mol. The number of hydrogen-bond acceptors (Lipinski definition) is 3. The molecular formula is C14H21NO2. The topological polar surface area (TPSA) is 32.7 Å². The molecule has 0 spiro atoms. The molecular weight excluding hydrogens is 214 g/mol. The van der Waals surface area contributed by atoms with Crippen LogP contribution in [0.2, 0.25) is 0 Å². The van der Waals surface area contributed by atoms with Crippen molar-refractivity contribution in [1.29, 1.82) is 0 Å². The lowest BCUT2D eigenvalue weighted by atomic mass is 10.0. The summed E-state index contributed by atoms with van der Waals surface area (Å²) in [5.74, 6) is 0. The van der Waals surface area contributed by atoms with Gasteiger partial charge in [0, 0.05) is 19.1 Å². The molecule has 1 aromatic rings. The zero-order valence-electron chi connectivity index (χ0n) is 10.6. The van der Waals surface area contributed by atoms with E-state index >= 15 is 0 Å². The van der Waals surface area contributed by atoms with E-state index in [0.29, 0.717) is 6.04 Å². The first-order valence-electron chi connectivity index (χ1n) is 6.24. The maximum atomic E-state index is 9.17. The first-order valence-corrected chi connectivity index (χ1v) is 6.24. The first-order chi connectivity index (χ1) is 8.22. The number of nitrogens with zero attached hydrogens (tertiary/aromatic N) is 1. The van der Waals surface area contributed by atoms with Crippen molar-refractivity contribution in [1.82, 2.24) is 4.90 Å². The molecule has 1 aliphatic heterocycles. The van der Waals surface area contributed by atoms with Crippen LogP contribution in [0, 0.1) is 6.92 Å². The fourth-order valence-electron chi connectivity index (χ4n) is 2.33. The molecule has 2 rings (SSSR count). The van der Waals surface area contributed by atoms with Gasteiger partial charge in [0.2, 0.25) is 0 Å². The van der Waals surface area contributed by atoms with Crippen LogP contribution in [0.3, 0.4) is 0 Å². The van der Waals surface area contributed by atoms with Crippen LogP contribution in [0.5, 0.6) is 0 Å². The minimum absolute atomic E-state index is 0.123. The molecule has 94 valence electrons. The Morgan fingerprint density at radius 2 is 2.06 bits per heavy atom. The van der Waals surface area contributed by atoms with Crippen molar-refractivity contribution >= 4 is 0 Å². The van der Waals surface area contributed by atoms with E-state index in [-0.39, 0.29) is 6.61 Å². The molecule has 3 heteroatoms. The summed E-state index contributed by atoms with van der Waals surface area (Å²) < 4.78 is 5.37. The second kappa shape index (κ2) is 5.63. The lowest BCUT2D eigenvalue weighted by Crippen LogP contribution is -2.38. The summed E-state index contributed by atoms with van der Waals surface area (Å²) >= 11 is 0. The van der Waals surface area contributed by atoms with Crippen LogP contribution in [0.4, 0.5) is 0 Å². The summed E-state index contributed by atoms with van der Waals surface area (Å²) in [7, 11) is 0. The van der Waals surface area contributed by atoms with Crippen molar-refractivity contribution in [3.8, 4) is 0 Å².